The Hall–Kier alpha value is -0.910. The molecule has 0 saturated carbocycles. The van der Waals surface area contributed by atoms with Crippen LogP contribution < -0.4 is 0 Å². The van der Waals surface area contributed by atoms with Gasteiger partial charge in [-0.05, 0) is 23.8 Å². The van der Waals surface area contributed by atoms with Gasteiger partial charge in [-0.25, -0.2) is 4.98 Å². The zero-order valence-corrected chi connectivity index (χ0v) is 12.2. The monoisotopic (exact) mass is 337 g/mol. The Bertz CT molecular complexity index is 600. The third-order valence-electron chi connectivity index (χ3n) is 2.42. The van der Waals surface area contributed by atoms with Gasteiger partial charge in [0.25, 0.3) is 0 Å². The molecule has 106 valence electrons. The van der Waals surface area contributed by atoms with E-state index in [0.717, 1.165) is 17.8 Å². The largest absolute Gasteiger partial charge is 0.417 e. The predicted molar refractivity (Wildman–Crippen MR) is 75.3 cm³/mol. The van der Waals surface area contributed by atoms with Gasteiger partial charge in [0.1, 0.15) is 5.03 Å². The van der Waals surface area contributed by atoms with Gasteiger partial charge in [0.15, 0.2) is 0 Å². The molecule has 0 amide bonds. The molecule has 1 aromatic carbocycles. The molecule has 0 N–H and O–H groups in total. The van der Waals surface area contributed by atoms with Crippen LogP contribution in [0, 0.1) is 0 Å². The molecule has 2 aromatic rings. The molecule has 0 unspecified atom stereocenters. The van der Waals surface area contributed by atoms with Crippen LogP contribution in [0.4, 0.5) is 13.2 Å². The summed E-state index contributed by atoms with van der Waals surface area (Å²) in [5.41, 5.74) is 0.135. The van der Waals surface area contributed by atoms with Crippen molar-refractivity contribution >= 4 is 35.0 Å². The van der Waals surface area contributed by atoms with Crippen molar-refractivity contribution in [2.45, 2.75) is 17.0 Å². The second-order valence-electron chi connectivity index (χ2n) is 3.92. The first-order valence-electron chi connectivity index (χ1n) is 5.46. The smallest absolute Gasteiger partial charge is 0.248 e. The molecule has 0 spiro atoms. The molecule has 0 saturated heterocycles. The van der Waals surface area contributed by atoms with Crippen LogP contribution in [0.15, 0.2) is 41.6 Å². The maximum atomic E-state index is 12.5. The lowest BCUT2D eigenvalue weighted by Gasteiger charge is -2.08. The molecule has 20 heavy (non-hydrogen) atoms. The Morgan fingerprint density at radius 3 is 2.30 bits per heavy atom. The maximum absolute atomic E-state index is 12.5. The molecule has 0 aliphatic carbocycles. The summed E-state index contributed by atoms with van der Waals surface area (Å²) in [5, 5.41) is 0.998. The van der Waals surface area contributed by atoms with E-state index in [0.29, 0.717) is 15.8 Å². The van der Waals surface area contributed by atoms with Crippen molar-refractivity contribution in [1.82, 2.24) is 4.98 Å². The van der Waals surface area contributed by atoms with Crippen LogP contribution >= 0.6 is 35.0 Å². The number of thioether (sulfide) groups is 1. The number of rotatable bonds is 3. The molecule has 7 heteroatoms. The molecule has 0 aliphatic heterocycles. The first-order chi connectivity index (χ1) is 9.36. The molecular weight excluding hydrogens is 330 g/mol. The zero-order valence-electron chi connectivity index (χ0n) is 9.92. The topological polar surface area (TPSA) is 12.9 Å². The predicted octanol–water partition coefficient (Wildman–Crippen LogP) is 5.70. The second-order valence-corrected chi connectivity index (χ2v) is 5.73. The van der Waals surface area contributed by atoms with Crippen LogP contribution in [0.2, 0.25) is 10.0 Å². The van der Waals surface area contributed by atoms with Gasteiger partial charge in [0.05, 0.1) is 10.6 Å². The summed E-state index contributed by atoms with van der Waals surface area (Å²) < 4.78 is 37.4. The van der Waals surface area contributed by atoms with E-state index >= 15 is 0 Å². The lowest BCUT2D eigenvalue weighted by atomic mass is 10.2. The maximum Gasteiger partial charge on any atom is 0.417 e. The summed E-state index contributed by atoms with van der Waals surface area (Å²) in [6.45, 7) is 0. The van der Waals surface area contributed by atoms with Crippen LogP contribution in [0.1, 0.15) is 11.1 Å². The lowest BCUT2D eigenvalue weighted by molar-refractivity contribution is -0.137. The Labute approximate surface area is 128 Å². The molecule has 0 aliphatic rings. The number of pyridine rings is 1. The highest BCUT2D eigenvalue weighted by Crippen LogP contribution is 2.34. The zero-order chi connectivity index (χ0) is 14.8. The number of nitrogens with zero attached hydrogens (tertiary/aromatic N) is 1. The Balaban J connectivity index is 2.08. The van der Waals surface area contributed by atoms with Crippen molar-refractivity contribution in [1.29, 1.82) is 0 Å². The first kappa shape index (κ1) is 15.5. The number of aromatic nitrogens is 1. The molecule has 1 aromatic heterocycles. The quantitative estimate of drug-likeness (QED) is 0.666. The third-order valence-corrected chi connectivity index (χ3v) is 4.15. The van der Waals surface area contributed by atoms with Crippen LogP contribution in [-0.2, 0) is 11.9 Å². The van der Waals surface area contributed by atoms with Gasteiger partial charge < -0.3 is 0 Å². The third kappa shape index (κ3) is 4.04. The molecule has 0 bridgehead atoms. The van der Waals surface area contributed by atoms with Crippen molar-refractivity contribution in [3.05, 3.63) is 57.7 Å². The van der Waals surface area contributed by atoms with Crippen molar-refractivity contribution < 1.29 is 13.2 Å². The van der Waals surface area contributed by atoms with E-state index in [9.17, 15) is 13.2 Å². The Kier molecular flexibility index (Phi) is 4.83. The van der Waals surface area contributed by atoms with Gasteiger partial charge in [0, 0.05) is 17.0 Å². The molecule has 2 rings (SSSR count). The highest BCUT2D eigenvalue weighted by atomic mass is 35.5. The number of hydrogen-bond acceptors (Lipinski definition) is 2. The fourth-order valence-electron chi connectivity index (χ4n) is 1.42. The van der Waals surface area contributed by atoms with Gasteiger partial charge in [-0.15, -0.1) is 11.8 Å². The average Bonchev–Trinajstić information content (AvgIpc) is 2.38. The van der Waals surface area contributed by atoms with Gasteiger partial charge in [-0.2, -0.15) is 13.2 Å². The van der Waals surface area contributed by atoms with E-state index in [-0.39, 0.29) is 5.02 Å². The summed E-state index contributed by atoms with van der Waals surface area (Å²) in [5.74, 6) is 0.551. The number of hydrogen-bond donors (Lipinski definition) is 0. The summed E-state index contributed by atoms with van der Waals surface area (Å²) in [4.78, 5) is 3.76. The molecule has 0 radical (unpaired) electrons. The number of alkyl halides is 3. The highest BCUT2D eigenvalue weighted by molar-refractivity contribution is 7.98. The van der Waals surface area contributed by atoms with Crippen LogP contribution in [0.25, 0.3) is 0 Å². The molecule has 0 fully saturated rings. The number of benzene rings is 1. The Morgan fingerprint density at radius 1 is 1.10 bits per heavy atom. The molecule has 0 atom stereocenters. The minimum atomic E-state index is -4.43. The fourth-order valence-corrected chi connectivity index (χ4v) is 2.69. The molecular formula is C13H8Cl2F3NS. The van der Waals surface area contributed by atoms with E-state index in [1.54, 1.807) is 12.1 Å². The summed E-state index contributed by atoms with van der Waals surface area (Å²) >= 11 is 12.9. The lowest BCUT2D eigenvalue weighted by Crippen LogP contribution is -2.05. The fraction of sp³-hybridized carbons (Fsp3) is 0.154. The molecule has 1 heterocycles. The average molecular weight is 338 g/mol. The normalized spacial score (nSPS) is 11.7. The number of halogens is 5. The minimum Gasteiger partial charge on any atom is -0.248 e. The van der Waals surface area contributed by atoms with Gasteiger partial charge in [0.2, 0.25) is 0 Å². The van der Waals surface area contributed by atoms with Crippen molar-refractivity contribution in [2.24, 2.45) is 0 Å². The van der Waals surface area contributed by atoms with Crippen LogP contribution in [0.3, 0.4) is 0 Å². The Morgan fingerprint density at radius 2 is 1.75 bits per heavy atom. The van der Waals surface area contributed by atoms with Crippen LogP contribution in [0.5, 0.6) is 0 Å². The summed E-state index contributed by atoms with van der Waals surface area (Å²) in [6.07, 6.45) is -3.65. The second kappa shape index (κ2) is 6.24. The summed E-state index contributed by atoms with van der Waals surface area (Å²) in [6, 6.07) is 8.07. The van der Waals surface area contributed by atoms with E-state index in [4.69, 9.17) is 23.2 Å². The van der Waals surface area contributed by atoms with Crippen molar-refractivity contribution in [3.63, 3.8) is 0 Å². The van der Waals surface area contributed by atoms with Crippen molar-refractivity contribution in [2.75, 3.05) is 0 Å². The SMILES string of the molecule is FC(F)(F)c1cnc(SCc2ccc(Cl)cc2)c(Cl)c1. The summed E-state index contributed by atoms with van der Waals surface area (Å²) in [7, 11) is 0. The van der Waals surface area contributed by atoms with Gasteiger partial charge in [-0.1, -0.05) is 35.3 Å². The van der Waals surface area contributed by atoms with E-state index in [2.05, 4.69) is 4.98 Å². The highest BCUT2D eigenvalue weighted by Gasteiger charge is 2.31. The molecule has 1 nitrogen and oxygen atoms in total. The standard InChI is InChI=1S/C13H8Cl2F3NS/c14-10-3-1-8(2-4-10)7-20-12-11(15)5-9(6-19-12)13(16,17)18/h1-6H,7H2. The first-order valence-corrected chi connectivity index (χ1v) is 7.20. The van der Waals surface area contributed by atoms with E-state index in [1.165, 1.54) is 11.8 Å². The minimum absolute atomic E-state index is 0.00112. The van der Waals surface area contributed by atoms with E-state index < -0.39 is 11.7 Å². The van der Waals surface area contributed by atoms with Gasteiger partial charge >= 0.3 is 6.18 Å². The van der Waals surface area contributed by atoms with Crippen LogP contribution in [-0.4, -0.2) is 4.98 Å². The van der Waals surface area contributed by atoms with Crippen molar-refractivity contribution in [3.8, 4) is 0 Å². The van der Waals surface area contributed by atoms with Gasteiger partial charge in [-0.3, -0.25) is 0 Å². The van der Waals surface area contributed by atoms with E-state index in [1.807, 2.05) is 12.1 Å².